The Bertz CT molecular complexity index is 1010. The van der Waals surface area contributed by atoms with Gasteiger partial charge in [-0.3, -0.25) is 9.59 Å². The van der Waals surface area contributed by atoms with Gasteiger partial charge in [0.15, 0.2) is 5.78 Å². The Labute approximate surface area is 169 Å². The molecule has 1 heterocycles. The van der Waals surface area contributed by atoms with Crippen molar-refractivity contribution in [2.75, 3.05) is 0 Å². The summed E-state index contributed by atoms with van der Waals surface area (Å²) in [6, 6.07) is 16.8. The highest BCUT2D eigenvalue weighted by molar-refractivity contribution is 6.30. The topological polar surface area (TPSA) is 62.0 Å². The number of aromatic amines is 1. The Morgan fingerprint density at radius 3 is 2.36 bits per heavy atom. The number of rotatable bonds is 6. The zero-order valence-electron chi connectivity index (χ0n) is 16.2. The van der Waals surface area contributed by atoms with Gasteiger partial charge < -0.3 is 10.3 Å². The van der Waals surface area contributed by atoms with Gasteiger partial charge in [-0.05, 0) is 49.1 Å². The van der Waals surface area contributed by atoms with Crippen molar-refractivity contribution in [1.29, 1.82) is 0 Å². The van der Waals surface area contributed by atoms with E-state index in [1.807, 2.05) is 62.4 Å². The third kappa shape index (κ3) is 4.02. The summed E-state index contributed by atoms with van der Waals surface area (Å²) in [5.41, 5.74) is 4.35. The molecule has 0 bridgehead atoms. The average molecular weight is 395 g/mol. The van der Waals surface area contributed by atoms with E-state index in [0.717, 1.165) is 16.7 Å². The number of aromatic nitrogens is 1. The van der Waals surface area contributed by atoms with E-state index in [9.17, 15) is 9.59 Å². The van der Waals surface area contributed by atoms with Crippen LogP contribution >= 0.6 is 11.6 Å². The Kier molecular flexibility index (Phi) is 6.00. The fourth-order valence-electron chi connectivity index (χ4n) is 3.59. The van der Waals surface area contributed by atoms with Crippen LogP contribution in [0.25, 0.3) is 0 Å². The molecule has 0 unspecified atom stereocenters. The molecule has 0 spiro atoms. The molecular weight excluding hydrogens is 372 g/mol. The van der Waals surface area contributed by atoms with Crippen LogP contribution in [0.2, 0.25) is 5.02 Å². The van der Waals surface area contributed by atoms with Crippen molar-refractivity contribution in [3.63, 3.8) is 0 Å². The molecule has 0 saturated carbocycles. The summed E-state index contributed by atoms with van der Waals surface area (Å²) in [6.45, 7) is 5.28. The van der Waals surface area contributed by atoms with Gasteiger partial charge in [-0.25, -0.2) is 0 Å². The van der Waals surface area contributed by atoms with Crippen LogP contribution in [0.1, 0.15) is 63.1 Å². The first kappa shape index (κ1) is 19.9. The highest BCUT2D eigenvalue weighted by atomic mass is 35.5. The summed E-state index contributed by atoms with van der Waals surface area (Å²) < 4.78 is 0. The second kappa shape index (κ2) is 8.44. The summed E-state index contributed by atoms with van der Waals surface area (Å²) in [5, 5.41) is 3.72. The van der Waals surface area contributed by atoms with E-state index in [1.54, 1.807) is 6.07 Å². The quantitative estimate of drug-likeness (QED) is 0.560. The number of aryl methyl sites for hydroxylation is 1. The summed E-state index contributed by atoms with van der Waals surface area (Å²) in [5.74, 6) is -0.291. The number of Topliss-reactive ketones (excluding diaryl/α,β-unsaturated/α-hetero) is 1. The number of hydrogen-bond acceptors (Lipinski definition) is 2. The van der Waals surface area contributed by atoms with E-state index < -0.39 is 0 Å². The van der Waals surface area contributed by atoms with Crippen molar-refractivity contribution in [1.82, 2.24) is 10.3 Å². The van der Waals surface area contributed by atoms with E-state index in [4.69, 9.17) is 11.6 Å². The first-order valence-electron chi connectivity index (χ1n) is 9.26. The maximum absolute atomic E-state index is 13.2. The van der Waals surface area contributed by atoms with Gasteiger partial charge in [-0.15, -0.1) is 0 Å². The molecule has 0 radical (unpaired) electrons. The second-order valence-corrected chi connectivity index (χ2v) is 7.20. The van der Waals surface area contributed by atoms with Gasteiger partial charge in [-0.1, -0.05) is 61.0 Å². The monoisotopic (exact) mass is 394 g/mol. The Balaban J connectivity index is 2.01. The van der Waals surface area contributed by atoms with E-state index in [1.165, 1.54) is 6.92 Å². The lowest BCUT2D eigenvalue weighted by atomic mass is 9.98. The van der Waals surface area contributed by atoms with Crippen LogP contribution in [-0.2, 0) is 6.42 Å². The van der Waals surface area contributed by atoms with Gasteiger partial charge >= 0.3 is 0 Å². The molecule has 2 N–H and O–H groups in total. The number of carbonyl (C=O) groups excluding carboxylic acids is 2. The zero-order valence-corrected chi connectivity index (χ0v) is 16.9. The molecule has 1 aromatic heterocycles. The molecule has 0 aliphatic rings. The van der Waals surface area contributed by atoms with Crippen molar-refractivity contribution < 1.29 is 9.59 Å². The minimum Gasteiger partial charge on any atom is -0.354 e. The lowest BCUT2D eigenvalue weighted by molar-refractivity contribution is 0.0937. The zero-order chi connectivity index (χ0) is 20.3. The molecule has 144 valence electrons. The van der Waals surface area contributed by atoms with Crippen molar-refractivity contribution in [2.24, 2.45) is 0 Å². The number of nitrogens with one attached hydrogen (secondary N) is 2. The molecule has 2 aromatic carbocycles. The predicted octanol–water partition coefficient (Wildman–Crippen LogP) is 5.26. The number of H-pyrrole nitrogens is 1. The summed E-state index contributed by atoms with van der Waals surface area (Å²) in [7, 11) is 0. The third-order valence-corrected chi connectivity index (χ3v) is 5.05. The van der Waals surface area contributed by atoms with E-state index in [-0.39, 0.29) is 17.7 Å². The average Bonchev–Trinajstić information content (AvgIpc) is 3.03. The Hall–Kier alpha value is -2.85. The van der Waals surface area contributed by atoms with Gasteiger partial charge in [0, 0.05) is 16.3 Å². The molecule has 4 nitrogen and oxygen atoms in total. The minimum atomic E-state index is -0.360. The highest BCUT2D eigenvalue weighted by Crippen LogP contribution is 2.26. The van der Waals surface area contributed by atoms with Crippen LogP contribution in [0.5, 0.6) is 0 Å². The van der Waals surface area contributed by atoms with Crippen LogP contribution in [0.4, 0.5) is 0 Å². The van der Waals surface area contributed by atoms with Gasteiger partial charge in [0.1, 0.15) is 5.69 Å². The molecule has 0 aliphatic carbocycles. The van der Waals surface area contributed by atoms with E-state index >= 15 is 0 Å². The maximum Gasteiger partial charge on any atom is 0.268 e. The number of halogens is 1. The van der Waals surface area contributed by atoms with Crippen molar-refractivity contribution in [3.8, 4) is 0 Å². The summed E-state index contributed by atoms with van der Waals surface area (Å²) >= 11 is 6.18. The second-order valence-electron chi connectivity index (χ2n) is 6.76. The Morgan fingerprint density at radius 1 is 1.07 bits per heavy atom. The number of carbonyl (C=O) groups is 2. The third-order valence-electron chi connectivity index (χ3n) is 4.81. The number of ketones is 1. The van der Waals surface area contributed by atoms with E-state index in [2.05, 4.69) is 10.3 Å². The van der Waals surface area contributed by atoms with Gasteiger partial charge in [-0.2, -0.15) is 0 Å². The van der Waals surface area contributed by atoms with Gasteiger partial charge in [0.2, 0.25) is 0 Å². The molecule has 28 heavy (non-hydrogen) atoms. The predicted molar refractivity (Wildman–Crippen MR) is 112 cm³/mol. The maximum atomic E-state index is 13.2. The number of hydrogen-bond donors (Lipinski definition) is 2. The van der Waals surface area contributed by atoms with Crippen LogP contribution in [0.15, 0.2) is 54.6 Å². The Morgan fingerprint density at radius 2 is 1.75 bits per heavy atom. The van der Waals surface area contributed by atoms with Gasteiger partial charge in [0.05, 0.1) is 6.04 Å². The molecule has 3 aromatic rings. The summed E-state index contributed by atoms with van der Waals surface area (Å²) in [6.07, 6.45) is 0.592. The molecule has 1 atom stereocenters. The largest absolute Gasteiger partial charge is 0.354 e. The fraction of sp³-hybridized carbons (Fsp3) is 0.217. The molecular formula is C23H23ClN2O2. The number of benzene rings is 2. The van der Waals surface area contributed by atoms with Crippen LogP contribution < -0.4 is 5.32 Å². The lowest BCUT2D eigenvalue weighted by Gasteiger charge is -2.20. The highest BCUT2D eigenvalue weighted by Gasteiger charge is 2.24. The number of amides is 1. The van der Waals surface area contributed by atoms with E-state index in [0.29, 0.717) is 28.4 Å². The molecule has 0 aliphatic heterocycles. The fourth-order valence-corrected chi connectivity index (χ4v) is 3.79. The lowest BCUT2D eigenvalue weighted by Crippen LogP contribution is -2.30. The van der Waals surface area contributed by atoms with Crippen molar-refractivity contribution >= 4 is 23.3 Å². The molecule has 5 heteroatoms. The summed E-state index contributed by atoms with van der Waals surface area (Å²) in [4.78, 5) is 28.3. The molecule has 3 rings (SSSR count). The standard InChI is InChI=1S/C23H23ClN2O2/c1-4-19-20(15(3)27)14(2)25-22(19)23(28)26-21(16-9-6-5-7-10-16)17-11-8-12-18(24)13-17/h5-13,21,25H,4H2,1-3H3,(H,26,28)/t21-/m0/s1. The normalized spacial score (nSPS) is 11.9. The van der Waals surface area contributed by atoms with Crippen molar-refractivity contribution in [3.05, 3.63) is 93.3 Å². The van der Waals surface area contributed by atoms with Crippen molar-refractivity contribution in [2.45, 2.75) is 33.2 Å². The molecule has 1 amide bonds. The first-order chi connectivity index (χ1) is 13.4. The SMILES string of the molecule is CCc1c(C(=O)N[C@@H](c2ccccc2)c2cccc(Cl)c2)[nH]c(C)c1C(C)=O. The minimum absolute atomic E-state index is 0.0425. The van der Waals surface area contributed by atoms with Crippen LogP contribution in [0, 0.1) is 6.92 Å². The smallest absolute Gasteiger partial charge is 0.268 e. The van der Waals surface area contributed by atoms with Gasteiger partial charge in [0.25, 0.3) is 5.91 Å². The van der Waals surface area contributed by atoms with Crippen LogP contribution in [0.3, 0.4) is 0 Å². The first-order valence-corrected chi connectivity index (χ1v) is 9.63. The molecule has 0 fully saturated rings. The van der Waals surface area contributed by atoms with Crippen LogP contribution in [-0.4, -0.2) is 16.7 Å². The molecule has 0 saturated heterocycles.